The summed E-state index contributed by atoms with van der Waals surface area (Å²) in [4.78, 5) is 11.0. The van der Waals surface area contributed by atoms with Gasteiger partial charge in [-0.05, 0) is 48.1 Å². The number of halogens is 2. The van der Waals surface area contributed by atoms with Gasteiger partial charge in [-0.1, -0.05) is 12.1 Å². The molecule has 4 rings (SSSR count). The van der Waals surface area contributed by atoms with E-state index < -0.39 is 0 Å². The Balaban J connectivity index is 0.00000306. The van der Waals surface area contributed by atoms with E-state index in [-0.39, 0.29) is 35.8 Å². The van der Waals surface area contributed by atoms with Crippen LogP contribution < -0.4 is 15.4 Å². The van der Waals surface area contributed by atoms with Crippen LogP contribution in [0.1, 0.15) is 30.0 Å². The molecule has 0 amide bonds. The Morgan fingerprint density at radius 3 is 2.67 bits per heavy atom. The van der Waals surface area contributed by atoms with E-state index in [1.54, 1.807) is 13.2 Å². The maximum absolute atomic E-state index is 13.5. The fraction of sp³-hybridized carbons (Fsp3) is 0.500. The van der Waals surface area contributed by atoms with Gasteiger partial charge in [0.15, 0.2) is 5.96 Å². The molecule has 180 valence electrons. The molecule has 1 aromatic heterocycles. The molecule has 1 aromatic carbocycles. The van der Waals surface area contributed by atoms with Gasteiger partial charge in [-0.25, -0.2) is 9.37 Å². The number of pyridine rings is 1. The highest BCUT2D eigenvalue weighted by Gasteiger charge is 2.23. The van der Waals surface area contributed by atoms with Crippen LogP contribution in [-0.2, 0) is 11.3 Å². The molecule has 7 nitrogen and oxygen atoms in total. The molecule has 2 aromatic rings. The maximum atomic E-state index is 13.5. The third-order valence-electron chi connectivity index (χ3n) is 5.85. The minimum absolute atomic E-state index is 0. The number of benzene rings is 1. The second-order valence-corrected chi connectivity index (χ2v) is 8.28. The summed E-state index contributed by atoms with van der Waals surface area (Å²) < 4.78 is 24.7. The van der Waals surface area contributed by atoms with Gasteiger partial charge in [0.25, 0.3) is 0 Å². The smallest absolute Gasteiger partial charge is 0.213 e. The first kappa shape index (κ1) is 25.6. The maximum Gasteiger partial charge on any atom is 0.213 e. The highest BCUT2D eigenvalue weighted by atomic mass is 127. The lowest BCUT2D eigenvalue weighted by molar-refractivity contribution is 0.0170. The Morgan fingerprint density at radius 2 is 1.97 bits per heavy atom. The van der Waals surface area contributed by atoms with E-state index in [0.717, 1.165) is 30.8 Å². The number of aromatic nitrogens is 1. The second-order valence-electron chi connectivity index (χ2n) is 8.28. The van der Waals surface area contributed by atoms with E-state index in [0.29, 0.717) is 44.1 Å². The zero-order chi connectivity index (χ0) is 22.2. The molecule has 1 unspecified atom stereocenters. The summed E-state index contributed by atoms with van der Waals surface area (Å²) in [5, 5.41) is 6.79. The number of morpholine rings is 1. The number of nitrogens with zero attached hydrogens (tertiary/aromatic N) is 3. The van der Waals surface area contributed by atoms with E-state index >= 15 is 0 Å². The number of aliphatic imine (C=N–C) groups is 1. The van der Waals surface area contributed by atoms with E-state index in [1.165, 1.54) is 25.0 Å². The van der Waals surface area contributed by atoms with Crippen LogP contribution in [0.3, 0.4) is 0 Å². The first-order valence-corrected chi connectivity index (χ1v) is 11.3. The fourth-order valence-corrected chi connectivity index (χ4v) is 3.76. The van der Waals surface area contributed by atoms with Crippen LogP contribution in [0.25, 0.3) is 0 Å². The summed E-state index contributed by atoms with van der Waals surface area (Å²) in [7, 11) is 1.76. The molecular weight excluding hydrogens is 536 g/mol. The summed E-state index contributed by atoms with van der Waals surface area (Å²) in [6, 6.07) is 10.8. The molecule has 2 heterocycles. The van der Waals surface area contributed by atoms with Crippen LogP contribution in [0.2, 0.25) is 0 Å². The predicted molar refractivity (Wildman–Crippen MR) is 138 cm³/mol. The van der Waals surface area contributed by atoms with Crippen LogP contribution in [0.15, 0.2) is 47.6 Å². The molecule has 33 heavy (non-hydrogen) atoms. The number of nitrogens with one attached hydrogen (secondary N) is 2. The van der Waals surface area contributed by atoms with Crippen LogP contribution in [0.4, 0.5) is 4.39 Å². The largest absolute Gasteiger partial charge is 0.477 e. The van der Waals surface area contributed by atoms with Gasteiger partial charge < -0.3 is 20.1 Å². The molecule has 1 saturated heterocycles. The van der Waals surface area contributed by atoms with Gasteiger partial charge in [-0.3, -0.25) is 9.89 Å². The number of hydrogen-bond acceptors (Lipinski definition) is 5. The van der Waals surface area contributed by atoms with Crippen molar-refractivity contribution < 1.29 is 13.9 Å². The van der Waals surface area contributed by atoms with Crippen molar-refractivity contribution in [2.24, 2.45) is 10.9 Å². The van der Waals surface area contributed by atoms with Crippen LogP contribution in [0.5, 0.6) is 5.88 Å². The molecule has 1 aliphatic carbocycles. The Hall–Kier alpha value is -1.98. The lowest BCUT2D eigenvalue weighted by Gasteiger charge is -2.35. The topological polar surface area (TPSA) is 71.0 Å². The summed E-state index contributed by atoms with van der Waals surface area (Å²) in [6.07, 6.45) is 4.29. The first-order chi connectivity index (χ1) is 15.7. The van der Waals surface area contributed by atoms with Crippen molar-refractivity contribution in [1.29, 1.82) is 0 Å². The van der Waals surface area contributed by atoms with E-state index in [1.807, 2.05) is 24.3 Å². The Morgan fingerprint density at radius 1 is 1.21 bits per heavy atom. The van der Waals surface area contributed by atoms with Crippen molar-refractivity contribution in [3.8, 4) is 5.88 Å². The zero-order valence-electron chi connectivity index (χ0n) is 19.0. The molecule has 1 atom stereocenters. The average molecular weight is 569 g/mol. The van der Waals surface area contributed by atoms with Gasteiger partial charge >= 0.3 is 0 Å². The monoisotopic (exact) mass is 569 g/mol. The molecule has 1 saturated carbocycles. The molecule has 0 bridgehead atoms. The summed E-state index contributed by atoms with van der Waals surface area (Å²) in [6.45, 7) is 5.11. The van der Waals surface area contributed by atoms with Gasteiger partial charge in [0.05, 0.1) is 25.9 Å². The second kappa shape index (κ2) is 13.0. The third kappa shape index (κ3) is 8.08. The molecule has 2 aliphatic rings. The normalized spacial score (nSPS) is 17.7. The van der Waals surface area contributed by atoms with Crippen molar-refractivity contribution >= 4 is 29.9 Å². The van der Waals surface area contributed by atoms with Crippen LogP contribution >= 0.6 is 24.0 Å². The summed E-state index contributed by atoms with van der Waals surface area (Å²) in [5.74, 6) is 1.85. The van der Waals surface area contributed by atoms with Crippen molar-refractivity contribution in [2.75, 3.05) is 46.5 Å². The van der Waals surface area contributed by atoms with Gasteiger partial charge in [0, 0.05) is 45.5 Å². The molecule has 0 radical (unpaired) electrons. The molecule has 0 spiro atoms. The standard InChI is InChI=1S/C24H32FN5O2.HI/c1-26-24(28-15-19-8-9-27-23(14-19)32-17-18-2-3-18)29-16-22(30-10-12-31-13-11-30)20-4-6-21(25)7-5-20;/h4-9,14,18,22H,2-3,10-13,15-17H2,1H3,(H2,26,28,29);1H. The molecular formula is C24H33FIN5O2. The number of rotatable bonds is 9. The van der Waals surface area contributed by atoms with Gasteiger partial charge in [-0.15, -0.1) is 24.0 Å². The van der Waals surface area contributed by atoms with Crippen molar-refractivity contribution in [1.82, 2.24) is 20.5 Å². The zero-order valence-corrected chi connectivity index (χ0v) is 21.3. The van der Waals surface area contributed by atoms with Gasteiger partial charge in [0.2, 0.25) is 5.88 Å². The molecule has 9 heteroatoms. The van der Waals surface area contributed by atoms with Gasteiger partial charge in [-0.2, -0.15) is 0 Å². The lowest BCUT2D eigenvalue weighted by Crippen LogP contribution is -2.46. The summed E-state index contributed by atoms with van der Waals surface area (Å²) in [5.41, 5.74) is 2.15. The van der Waals surface area contributed by atoms with Crippen molar-refractivity contribution in [2.45, 2.75) is 25.4 Å². The minimum atomic E-state index is -0.224. The molecule has 2 N–H and O–H groups in total. The first-order valence-electron chi connectivity index (χ1n) is 11.3. The van der Waals surface area contributed by atoms with Crippen molar-refractivity contribution in [3.63, 3.8) is 0 Å². The minimum Gasteiger partial charge on any atom is -0.477 e. The van der Waals surface area contributed by atoms with Crippen molar-refractivity contribution in [3.05, 3.63) is 59.5 Å². The number of guanidine groups is 1. The Kier molecular flexibility index (Phi) is 10.1. The third-order valence-corrected chi connectivity index (χ3v) is 5.85. The van der Waals surface area contributed by atoms with Crippen LogP contribution in [0, 0.1) is 11.7 Å². The predicted octanol–water partition coefficient (Wildman–Crippen LogP) is 3.37. The average Bonchev–Trinajstić information content (AvgIpc) is 3.66. The Labute approximate surface area is 212 Å². The lowest BCUT2D eigenvalue weighted by atomic mass is 10.0. The highest BCUT2D eigenvalue weighted by molar-refractivity contribution is 14.0. The Bertz CT molecular complexity index is 889. The SMILES string of the molecule is CN=C(NCc1ccnc(OCC2CC2)c1)NCC(c1ccc(F)cc1)N1CCOCC1.I. The van der Waals surface area contributed by atoms with E-state index in [9.17, 15) is 4.39 Å². The number of hydrogen-bond donors (Lipinski definition) is 2. The van der Waals surface area contributed by atoms with Gasteiger partial charge in [0.1, 0.15) is 5.82 Å². The highest BCUT2D eigenvalue weighted by Crippen LogP contribution is 2.29. The molecule has 2 fully saturated rings. The van der Waals surface area contributed by atoms with Crippen LogP contribution in [-0.4, -0.2) is 62.3 Å². The quantitative estimate of drug-likeness (QED) is 0.274. The fourth-order valence-electron chi connectivity index (χ4n) is 3.76. The van der Waals surface area contributed by atoms with E-state index in [2.05, 4.69) is 25.5 Å². The van der Waals surface area contributed by atoms with E-state index in [4.69, 9.17) is 9.47 Å². The number of ether oxygens (including phenoxy) is 2. The summed E-state index contributed by atoms with van der Waals surface area (Å²) >= 11 is 0. The molecule has 1 aliphatic heterocycles.